The Labute approximate surface area is 766 Å². The minimum Gasteiger partial charge on any atom is -0.508 e. The molecule has 0 saturated carbocycles. The number of nitrogens with zero attached hydrogens (tertiary/aromatic N) is 5. The molecule has 3 aliphatic rings. The summed E-state index contributed by atoms with van der Waals surface area (Å²) in [6.45, 7) is 5.84. The van der Waals surface area contributed by atoms with Crippen LogP contribution in [0.3, 0.4) is 0 Å². The van der Waals surface area contributed by atoms with Crippen LogP contribution in [-0.2, 0) is 106 Å². The zero-order valence-corrected chi connectivity index (χ0v) is 76.5. The number of benzene rings is 3. The number of hydrogen-bond acceptors (Lipinski definition) is 24. The number of aromatic amines is 1. The van der Waals surface area contributed by atoms with Crippen LogP contribution in [0.1, 0.15) is 141 Å². The first-order chi connectivity index (χ1) is 62.3. The Bertz CT molecular complexity index is 4940. The van der Waals surface area contributed by atoms with Crippen molar-refractivity contribution in [3.05, 3.63) is 101 Å². The Morgan fingerprint density at radius 1 is 0.542 bits per heavy atom. The van der Waals surface area contributed by atoms with E-state index in [1.54, 1.807) is 55.8 Å². The number of unbranched alkanes of at least 4 members (excludes halogenated alkanes) is 2. The highest BCUT2D eigenvalue weighted by Gasteiger charge is 2.47. The highest BCUT2D eigenvalue weighted by atomic mass is 32.2. The highest BCUT2D eigenvalue weighted by Crippen LogP contribution is 2.30. The third kappa shape index (κ3) is 29.1. The van der Waals surface area contributed by atoms with Crippen LogP contribution in [-0.4, -0.2) is 307 Å². The van der Waals surface area contributed by atoms with E-state index in [-0.39, 0.29) is 83.0 Å². The summed E-state index contributed by atoms with van der Waals surface area (Å²) < 4.78 is 0.811. The predicted octanol–water partition coefficient (Wildman–Crippen LogP) is -2.81. The summed E-state index contributed by atoms with van der Waals surface area (Å²) in [5.41, 5.74) is 24.8. The summed E-state index contributed by atoms with van der Waals surface area (Å²) in [4.78, 5) is 270. The molecule has 5 heterocycles. The standard InChI is InChI=1S/C88H124N20O21S2/c1-9-11-23-66-81(122)96-57(22-17-31-89)77(118)103-65(76(117)94-41-73(92)114)45-130-46-74(115)95-61(34-49-27-29-52(110)30-28-49)84(125)104(6)48(5)75(116)99-63(39-72(91)113)86(127)107-32-18-25-67(107)82(123)98-59(38-71(90)112)79(120)100-60(33-47(3)4)87(128)108-42-53(111)37-69(108)83(124)97-58(35-50-40-93-56-21-15-13-19-54(50)56)78(119)102-64(43-109)80(121)101-62(36-51-44-131-70-26-16-14-20-55(51)70)85(126)106(8)68(24-12-10-2)88(129)105(66)7/h13-16,19-21,26-30,40,44,47-48,53,57-69,93,109-111H,9-12,17-18,22-25,31-39,41-43,45-46,89H2,1-8H3,(H2,90,112)(H2,91,113)(H2,92,114)(H,94,117)(H,95,115)(H,96,122)(H,97,124)(H,98,123)(H,99,116)(H,100,120)(H,101,121)(H,102,119)(H,103,118)/t48-,53+,57-,58-,59-,60-,61-,62-,63-,64-,65?,66-,67-,68-,69-/m0/s1. The number of hydrogen-bond donors (Lipinski definition) is 18. The minimum atomic E-state index is -1.89. The van der Waals surface area contributed by atoms with Crippen molar-refractivity contribution in [1.82, 2.24) is 82.7 Å². The number of H-pyrrole nitrogens is 1. The van der Waals surface area contributed by atoms with Gasteiger partial charge >= 0.3 is 0 Å². The van der Waals surface area contributed by atoms with Gasteiger partial charge < -0.3 is 121 Å². The van der Waals surface area contributed by atoms with Crippen molar-refractivity contribution in [2.24, 2.45) is 28.9 Å². The third-order valence-electron chi connectivity index (χ3n) is 23.3. The minimum absolute atomic E-state index is 0.000775. The quantitative estimate of drug-likeness (QED) is 0.0280. The van der Waals surface area contributed by atoms with Crippen LogP contribution >= 0.6 is 23.1 Å². The van der Waals surface area contributed by atoms with Crippen LogP contribution in [0, 0.1) is 5.92 Å². The van der Waals surface area contributed by atoms with Gasteiger partial charge in [0.05, 0.1) is 37.9 Å². The van der Waals surface area contributed by atoms with Gasteiger partial charge in [-0.2, -0.15) is 0 Å². The molecule has 5 aromatic rings. The fourth-order valence-corrected chi connectivity index (χ4v) is 17.9. The number of aromatic nitrogens is 1. The van der Waals surface area contributed by atoms with Gasteiger partial charge in [0.1, 0.15) is 90.3 Å². The molecule has 18 amide bonds. The number of likely N-dealkylation sites (N-methyl/N-ethyl adjacent to an activating group) is 3. The lowest BCUT2D eigenvalue weighted by atomic mass is 10.00. The number of thiophene rings is 1. The first-order valence-corrected chi connectivity index (χ1v) is 45.9. The maximum Gasteiger partial charge on any atom is 0.246 e. The summed E-state index contributed by atoms with van der Waals surface area (Å²) in [7, 11) is 3.91. The fourth-order valence-electron chi connectivity index (χ4n) is 16.1. The number of nitrogens with one attached hydrogen (secondary N) is 11. The summed E-state index contributed by atoms with van der Waals surface area (Å²) in [5, 5.41) is 61.8. The summed E-state index contributed by atoms with van der Waals surface area (Å²) in [6.07, 6.45) is -1.25. The zero-order chi connectivity index (χ0) is 96.2. The fraction of sp³-hybridized carbons (Fsp3) is 0.545. The number of aliphatic hydroxyl groups excluding tert-OH is 2. The molecule has 714 valence electrons. The molecular formula is C88H124N20O21S2. The average molecular weight is 1860 g/mol. The number of fused-ring (bicyclic) bond motifs is 4. The van der Waals surface area contributed by atoms with E-state index in [0.717, 1.165) is 41.0 Å². The molecule has 41 nitrogen and oxygen atoms in total. The normalized spacial score (nSPS) is 25.2. The molecule has 1 unspecified atom stereocenters. The topological polar surface area (TPSA) is 624 Å². The summed E-state index contributed by atoms with van der Waals surface area (Å²) >= 11 is 2.12. The smallest absolute Gasteiger partial charge is 0.246 e. The Balaban J connectivity index is 1.19. The lowest BCUT2D eigenvalue weighted by Gasteiger charge is -2.36. The van der Waals surface area contributed by atoms with Crippen molar-refractivity contribution < 1.29 is 102 Å². The van der Waals surface area contributed by atoms with Crippen LogP contribution in [0.2, 0.25) is 0 Å². The number of amides is 18. The number of carbonyl (C=O) groups is 18. The van der Waals surface area contributed by atoms with Gasteiger partial charge in [0.2, 0.25) is 106 Å². The maximum atomic E-state index is 15.7. The van der Waals surface area contributed by atoms with Crippen LogP contribution in [0.25, 0.3) is 21.0 Å². The lowest BCUT2D eigenvalue weighted by Crippen LogP contribution is -2.62. The largest absolute Gasteiger partial charge is 0.508 e. The number of para-hydroxylation sites is 1. The Hall–Kier alpha value is -12.4. The molecule has 3 aliphatic heterocycles. The SMILES string of the molecule is CCCC[C@H]1C(=O)N(C)[C@@H](CCCC)C(=O)N[C@@H](CCCN)C(=O)NC(C(=O)NCC(N)=O)CSCC(=O)N[C@@H](Cc2ccc(O)cc2)C(=O)N(C)[C@@H](C)C(=O)N[C@@H](CC(N)=O)C(=O)N2CCC[C@H]2C(=O)N[C@@H](CC(N)=O)C(=O)N[C@@H](CC(C)C)C(=O)N2C[C@H](O)C[C@H]2C(=O)N[C@@H](Cc2c[nH]c3ccccc23)C(=O)N[C@@H](CO)C(=O)N[C@@H](Cc2csc3ccccc23)C(=O)N1C. The maximum absolute atomic E-state index is 15.7. The van der Waals surface area contributed by atoms with Crippen molar-refractivity contribution in [2.45, 2.75) is 234 Å². The van der Waals surface area contributed by atoms with Crippen molar-refractivity contribution in [3.8, 4) is 5.75 Å². The Morgan fingerprint density at radius 2 is 1.09 bits per heavy atom. The molecule has 43 heteroatoms. The Morgan fingerprint density at radius 3 is 1.75 bits per heavy atom. The van der Waals surface area contributed by atoms with Crippen molar-refractivity contribution in [3.63, 3.8) is 0 Å². The number of carbonyl (C=O) groups excluding carboxylic acids is 18. The molecule has 3 aromatic carbocycles. The first-order valence-electron chi connectivity index (χ1n) is 43.9. The van der Waals surface area contributed by atoms with Gasteiger partial charge in [-0.1, -0.05) is 102 Å². The molecule has 0 bridgehead atoms. The van der Waals surface area contributed by atoms with Crippen molar-refractivity contribution in [2.75, 3.05) is 65.4 Å². The molecule has 15 atom stereocenters. The van der Waals surface area contributed by atoms with E-state index in [1.165, 1.54) is 63.7 Å². The van der Waals surface area contributed by atoms with E-state index in [2.05, 4.69) is 58.2 Å². The number of phenolic OH excluding ortho intramolecular Hbond substituents is 1. The number of nitrogens with two attached hydrogens (primary N) is 4. The monoisotopic (exact) mass is 1860 g/mol. The van der Waals surface area contributed by atoms with Gasteiger partial charge in [-0.05, 0) is 116 Å². The molecule has 131 heavy (non-hydrogen) atoms. The number of primary amides is 3. The molecule has 3 saturated heterocycles. The number of rotatable bonds is 25. The van der Waals surface area contributed by atoms with Gasteiger partial charge in [-0.15, -0.1) is 23.1 Å². The van der Waals surface area contributed by atoms with E-state index >= 15 is 33.6 Å². The van der Waals surface area contributed by atoms with Gasteiger partial charge in [0.25, 0.3) is 0 Å². The van der Waals surface area contributed by atoms with E-state index in [0.29, 0.717) is 58.7 Å². The molecular weight excluding hydrogens is 1740 g/mol. The average Bonchev–Trinajstić information content (AvgIpc) is 1.65. The van der Waals surface area contributed by atoms with E-state index in [9.17, 15) is 68.1 Å². The lowest BCUT2D eigenvalue weighted by molar-refractivity contribution is -0.149. The van der Waals surface area contributed by atoms with Crippen LogP contribution in [0.5, 0.6) is 5.75 Å². The second kappa shape index (κ2) is 49.6. The number of thioether (sulfide) groups is 1. The van der Waals surface area contributed by atoms with Crippen LogP contribution in [0.4, 0.5) is 0 Å². The second-order valence-electron chi connectivity index (χ2n) is 33.7. The molecule has 0 radical (unpaired) electrons. The van der Waals surface area contributed by atoms with Gasteiger partial charge in [-0.3, -0.25) is 86.3 Å². The molecule has 8 rings (SSSR count). The summed E-state index contributed by atoms with van der Waals surface area (Å²) in [5.74, 6) is -19.2. The van der Waals surface area contributed by atoms with Gasteiger partial charge in [-0.25, -0.2) is 0 Å². The second-order valence-corrected chi connectivity index (χ2v) is 35.7. The summed E-state index contributed by atoms with van der Waals surface area (Å²) in [6, 6.07) is -2.53. The number of aromatic hydroxyl groups is 1. The Kier molecular flexibility index (Phi) is 39.4. The van der Waals surface area contributed by atoms with Crippen molar-refractivity contribution >= 4 is 150 Å². The van der Waals surface area contributed by atoms with E-state index < -0.39 is 253 Å². The predicted molar refractivity (Wildman–Crippen MR) is 484 cm³/mol. The molecule has 3 fully saturated rings. The van der Waals surface area contributed by atoms with Crippen LogP contribution in [0.15, 0.2) is 84.4 Å². The third-order valence-corrected chi connectivity index (χ3v) is 25.4. The van der Waals surface area contributed by atoms with Gasteiger partial charge in [0, 0.05) is 87.5 Å². The van der Waals surface area contributed by atoms with Gasteiger partial charge in [0.15, 0.2) is 0 Å². The number of phenols is 1. The van der Waals surface area contributed by atoms with Crippen molar-refractivity contribution in [1.29, 1.82) is 0 Å². The van der Waals surface area contributed by atoms with E-state index in [4.69, 9.17) is 22.9 Å². The highest BCUT2D eigenvalue weighted by molar-refractivity contribution is 8.00. The molecule has 2 aromatic heterocycles. The zero-order valence-electron chi connectivity index (χ0n) is 74.8. The number of aliphatic hydroxyl groups is 2. The molecule has 22 N–H and O–H groups in total. The first kappa shape index (κ1) is 104. The van der Waals surface area contributed by atoms with E-state index in [1.807, 2.05) is 32.0 Å². The molecule has 0 aliphatic carbocycles. The van der Waals surface area contributed by atoms with Crippen LogP contribution < -0.4 is 76.1 Å². The molecule has 0 spiro atoms.